The van der Waals surface area contributed by atoms with E-state index in [0.29, 0.717) is 20.9 Å². The lowest BCUT2D eigenvalue weighted by Gasteiger charge is -2.06. The van der Waals surface area contributed by atoms with Gasteiger partial charge in [0, 0.05) is 20.9 Å². The van der Waals surface area contributed by atoms with Crippen molar-refractivity contribution in [1.29, 1.82) is 0 Å². The molecule has 0 aliphatic rings. The molecule has 0 spiro atoms. The number of unbranched alkanes of at least 4 members (excludes halogenated alkanes) is 1. The summed E-state index contributed by atoms with van der Waals surface area (Å²) >= 11 is 23.4. The number of hydrogen-bond acceptors (Lipinski definition) is 0. The number of benzene rings is 1. The number of alkyl halides is 1. The second-order valence-electron chi connectivity index (χ2n) is 2.99. The van der Waals surface area contributed by atoms with Crippen molar-refractivity contribution in [3.05, 3.63) is 32.8 Å². The largest absolute Gasteiger partial charge is 0.127 e. The summed E-state index contributed by atoms with van der Waals surface area (Å²) in [5.41, 5.74) is 0.961. The highest BCUT2D eigenvalue weighted by atomic mass is 35.5. The molecule has 78 valence electrons. The Morgan fingerprint density at radius 3 is 2.00 bits per heavy atom. The summed E-state index contributed by atoms with van der Waals surface area (Å²) in [7, 11) is 0. The first-order valence-electron chi connectivity index (χ1n) is 4.34. The molecule has 0 unspecified atom stereocenters. The molecule has 0 aromatic heterocycles. The average molecular weight is 272 g/mol. The van der Waals surface area contributed by atoms with Crippen molar-refractivity contribution in [3.8, 4) is 0 Å². The molecule has 1 aromatic rings. The molecule has 1 aromatic carbocycles. The molecular weight excluding hydrogens is 262 g/mol. The van der Waals surface area contributed by atoms with Crippen LogP contribution in [0.4, 0.5) is 0 Å². The molecular formula is C10H10Cl4. The maximum atomic E-state index is 6.01. The van der Waals surface area contributed by atoms with Gasteiger partial charge in [-0.1, -0.05) is 34.8 Å². The zero-order valence-corrected chi connectivity index (χ0v) is 10.5. The van der Waals surface area contributed by atoms with Crippen molar-refractivity contribution in [2.24, 2.45) is 0 Å². The first-order valence-corrected chi connectivity index (χ1v) is 6.01. The predicted octanol–water partition coefficient (Wildman–Crippen LogP) is 5.21. The molecule has 0 heterocycles. The molecule has 14 heavy (non-hydrogen) atoms. The van der Waals surface area contributed by atoms with E-state index in [1.807, 2.05) is 0 Å². The van der Waals surface area contributed by atoms with E-state index in [1.54, 1.807) is 12.1 Å². The van der Waals surface area contributed by atoms with Gasteiger partial charge in [0.1, 0.15) is 0 Å². The van der Waals surface area contributed by atoms with Gasteiger partial charge in [0.2, 0.25) is 0 Å². The van der Waals surface area contributed by atoms with Gasteiger partial charge in [0.15, 0.2) is 0 Å². The van der Waals surface area contributed by atoms with Gasteiger partial charge in [-0.25, -0.2) is 0 Å². The molecule has 1 rings (SSSR count). The average Bonchev–Trinajstić information content (AvgIpc) is 2.09. The first kappa shape index (κ1) is 12.4. The van der Waals surface area contributed by atoms with Gasteiger partial charge < -0.3 is 0 Å². The molecule has 0 aliphatic heterocycles. The zero-order chi connectivity index (χ0) is 10.6. The Kier molecular flexibility index (Phi) is 5.40. The highest BCUT2D eigenvalue weighted by molar-refractivity contribution is 6.39. The Bertz CT molecular complexity index is 286. The van der Waals surface area contributed by atoms with Crippen LogP contribution in [0.5, 0.6) is 0 Å². The molecule has 0 bridgehead atoms. The fraction of sp³-hybridized carbons (Fsp3) is 0.400. The van der Waals surface area contributed by atoms with Gasteiger partial charge in [-0.2, -0.15) is 0 Å². The quantitative estimate of drug-likeness (QED) is 0.521. The lowest BCUT2D eigenvalue weighted by Crippen LogP contribution is -1.89. The summed E-state index contributed by atoms with van der Waals surface area (Å²) in [4.78, 5) is 0. The first-order chi connectivity index (χ1) is 6.65. The molecule has 0 nitrogen and oxygen atoms in total. The van der Waals surface area contributed by atoms with E-state index in [-0.39, 0.29) is 0 Å². The summed E-state index contributed by atoms with van der Waals surface area (Å²) < 4.78 is 0. The molecule has 0 N–H and O–H groups in total. The van der Waals surface area contributed by atoms with Gasteiger partial charge in [-0.3, -0.25) is 0 Å². The molecule has 0 aliphatic carbocycles. The van der Waals surface area contributed by atoms with Crippen LogP contribution in [0.2, 0.25) is 15.1 Å². The predicted molar refractivity (Wildman–Crippen MR) is 65.1 cm³/mol. The molecule has 4 heteroatoms. The van der Waals surface area contributed by atoms with Crippen molar-refractivity contribution >= 4 is 46.4 Å². The number of hydrogen-bond donors (Lipinski definition) is 0. The summed E-state index contributed by atoms with van der Waals surface area (Å²) in [6.45, 7) is 0. The number of halogens is 4. The Hall–Kier alpha value is 0.380. The van der Waals surface area contributed by atoms with E-state index < -0.39 is 0 Å². The van der Waals surface area contributed by atoms with Crippen LogP contribution in [0, 0.1) is 0 Å². The Labute approximate surface area is 104 Å². The summed E-state index contributed by atoms with van der Waals surface area (Å²) in [6.07, 6.45) is 2.81. The van der Waals surface area contributed by atoms with E-state index in [4.69, 9.17) is 46.4 Å². The monoisotopic (exact) mass is 270 g/mol. The van der Waals surface area contributed by atoms with Crippen LogP contribution in [-0.4, -0.2) is 5.88 Å². The van der Waals surface area contributed by atoms with E-state index in [0.717, 1.165) is 24.8 Å². The third kappa shape index (κ3) is 3.51. The molecule has 0 saturated carbocycles. The van der Waals surface area contributed by atoms with Gasteiger partial charge in [-0.05, 0) is 37.0 Å². The second kappa shape index (κ2) is 6.07. The third-order valence-corrected chi connectivity index (χ3v) is 3.08. The molecule has 0 atom stereocenters. The Balaban J connectivity index is 2.75. The normalized spacial score (nSPS) is 10.6. The topological polar surface area (TPSA) is 0 Å². The minimum Gasteiger partial charge on any atom is -0.127 e. The molecule has 0 saturated heterocycles. The van der Waals surface area contributed by atoms with Crippen LogP contribution >= 0.6 is 46.4 Å². The minimum atomic E-state index is 0.570. The molecule has 0 amide bonds. The van der Waals surface area contributed by atoms with Crippen molar-refractivity contribution in [2.45, 2.75) is 19.3 Å². The van der Waals surface area contributed by atoms with Crippen LogP contribution in [0.3, 0.4) is 0 Å². The van der Waals surface area contributed by atoms with Crippen LogP contribution in [0.15, 0.2) is 12.1 Å². The highest BCUT2D eigenvalue weighted by Crippen LogP contribution is 2.30. The lowest BCUT2D eigenvalue weighted by atomic mass is 10.1. The Morgan fingerprint density at radius 2 is 1.50 bits per heavy atom. The SMILES string of the molecule is ClCCCCc1c(Cl)cc(Cl)cc1Cl. The smallest absolute Gasteiger partial charge is 0.0467 e. The van der Waals surface area contributed by atoms with Crippen molar-refractivity contribution < 1.29 is 0 Å². The van der Waals surface area contributed by atoms with Gasteiger partial charge in [0.05, 0.1) is 0 Å². The standard InChI is InChI=1S/C10H10Cl4/c11-4-2-1-3-8-9(13)5-7(12)6-10(8)14/h5-6H,1-4H2. The molecule has 0 fully saturated rings. The van der Waals surface area contributed by atoms with Crippen molar-refractivity contribution in [1.82, 2.24) is 0 Å². The highest BCUT2D eigenvalue weighted by Gasteiger charge is 2.06. The van der Waals surface area contributed by atoms with Crippen molar-refractivity contribution in [3.63, 3.8) is 0 Å². The van der Waals surface area contributed by atoms with Crippen molar-refractivity contribution in [2.75, 3.05) is 5.88 Å². The van der Waals surface area contributed by atoms with Crippen LogP contribution in [0.1, 0.15) is 18.4 Å². The minimum absolute atomic E-state index is 0.570. The van der Waals surface area contributed by atoms with Gasteiger partial charge >= 0.3 is 0 Å². The van der Waals surface area contributed by atoms with Gasteiger partial charge in [-0.15, -0.1) is 11.6 Å². The maximum Gasteiger partial charge on any atom is 0.0467 e. The third-order valence-electron chi connectivity index (χ3n) is 1.92. The van der Waals surface area contributed by atoms with E-state index in [1.165, 1.54) is 0 Å². The molecule has 0 radical (unpaired) electrons. The van der Waals surface area contributed by atoms with Gasteiger partial charge in [0.25, 0.3) is 0 Å². The summed E-state index contributed by atoms with van der Waals surface area (Å²) in [5, 5.41) is 1.84. The second-order valence-corrected chi connectivity index (χ2v) is 4.62. The van der Waals surface area contributed by atoms with E-state index in [9.17, 15) is 0 Å². The van der Waals surface area contributed by atoms with Crippen LogP contribution < -0.4 is 0 Å². The van der Waals surface area contributed by atoms with Crippen LogP contribution in [0.25, 0.3) is 0 Å². The van der Waals surface area contributed by atoms with E-state index >= 15 is 0 Å². The summed E-state index contributed by atoms with van der Waals surface area (Å²) in [5.74, 6) is 0.669. The van der Waals surface area contributed by atoms with Crippen LogP contribution in [-0.2, 0) is 6.42 Å². The number of rotatable bonds is 4. The maximum absolute atomic E-state index is 6.01. The Morgan fingerprint density at radius 1 is 0.929 bits per heavy atom. The summed E-state index contributed by atoms with van der Waals surface area (Å²) in [6, 6.07) is 3.43. The fourth-order valence-corrected chi connectivity index (χ4v) is 2.40. The fourth-order valence-electron chi connectivity index (χ4n) is 1.21. The lowest BCUT2D eigenvalue weighted by molar-refractivity contribution is 0.800. The zero-order valence-electron chi connectivity index (χ0n) is 7.49. The van der Waals surface area contributed by atoms with E-state index in [2.05, 4.69) is 0 Å².